The summed E-state index contributed by atoms with van der Waals surface area (Å²) in [6, 6.07) is 0. The normalized spacial score (nSPS) is 13.3. The Labute approximate surface area is 360 Å². The van der Waals surface area contributed by atoms with Gasteiger partial charge in [-0.1, -0.05) is 219 Å². The minimum absolute atomic E-state index is 0.114. The number of carbonyl (C=O) groups is 3. The van der Waals surface area contributed by atoms with Crippen LogP contribution in [-0.4, -0.2) is 37.2 Å². The van der Waals surface area contributed by atoms with Crippen LogP contribution in [0.5, 0.6) is 0 Å². The van der Waals surface area contributed by atoms with Crippen molar-refractivity contribution in [2.45, 2.75) is 168 Å². The SMILES string of the molecule is CC\C=C/C=C\C=C/C=C\C=C\C=C/C=C\CCCCCC(=O)OCC(COC(=O)CCCCCCCCCCC)OC(=O)CCCCC\C=C/C=C\C=C/C=C\CC. The van der Waals surface area contributed by atoms with Gasteiger partial charge < -0.3 is 14.2 Å². The Morgan fingerprint density at radius 2 is 0.661 bits per heavy atom. The van der Waals surface area contributed by atoms with Crippen LogP contribution < -0.4 is 0 Å². The van der Waals surface area contributed by atoms with Gasteiger partial charge in [0.25, 0.3) is 0 Å². The molecule has 0 aromatic heterocycles. The summed E-state index contributed by atoms with van der Waals surface area (Å²) in [5.74, 6) is -1.02. The molecular weight excluding hydrogens is 733 g/mol. The van der Waals surface area contributed by atoms with Gasteiger partial charge in [0.05, 0.1) is 0 Å². The van der Waals surface area contributed by atoms with E-state index in [1.807, 2.05) is 109 Å². The zero-order chi connectivity index (χ0) is 43.0. The van der Waals surface area contributed by atoms with Gasteiger partial charge in [0.15, 0.2) is 6.10 Å². The molecule has 1 unspecified atom stereocenters. The molecule has 6 nitrogen and oxygen atoms in total. The molecule has 0 radical (unpaired) electrons. The average molecular weight is 813 g/mol. The molecule has 0 aliphatic rings. The predicted molar refractivity (Wildman–Crippen MR) is 251 cm³/mol. The average Bonchev–Trinajstić information content (AvgIpc) is 3.23. The fourth-order valence-corrected chi connectivity index (χ4v) is 5.55. The minimum Gasteiger partial charge on any atom is -0.462 e. The van der Waals surface area contributed by atoms with Gasteiger partial charge in [0.2, 0.25) is 0 Å². The largest absolute Gasteiger partial charge is 0.462 e. The van der Waals surface area contributed by atoms with Crippen molar-refractivity contribution < 1.29 is 28.6 Å². The Balaban J connectivity index is 4.55. The number of esters is 3. The second-order valence-electron chi connectivity index (χ2n) is 14.5. The number of ether oxygens (including phenoxy) is 3. The molecule has 0 bridgehead atoms. The Hall–Kier alpha value is -4.45. The van der Waals surface area contributed by atoms with Crippen molar-refractivity contribution in [3.05, 3.63) is 134 Å². The van der Waals surface area contributed by atoms with E-state index in [1.54, 1.807) is 0 Å². The number of unbranched alkanes of at least 4 members (excludes halogenated alkanes) is 14. The topological polar surface area (TPSA) is 78.9 Å². The van der Waals surface area contributed by atoms with E-state index in [0.29, 0.717) is 25.7 Å². The van der Waals surface area contributed by atoms with E-state index >= 15 is 0 Å². The van der Waals surface area contributed by atoms with Crippen molar-refractivity contribution in [2.24, 2.45) is 0 Å². The van der Waals surface area contributed by atoms with Gasteiger partial charge in [-0.05, 0) is 57.8 Å². The highest BCUT2D eigenvalue weighted by atomic mass is 16.6. The van der Waals surface area contributed by atoms with E-state index in [2.05, 4.69) is 45.1 Å². The number of allylic oxidation sites excluding steroid dienone is 22. The third-order valence-electron chi connectivity index (χ3n) is 8.94. The van der Waals surface area contributed by atoms with Gasteiger partial charge in [0.1, 0.15) is 13.2 Å². The zero-order valence-corrected chi connectivity index (χ0v) is 37.2. The second kappa shape index (κ2) is 46.2. The number of carbonyl (C=O) groups excluding carboxylic acids is 3. The molecule has 0 aliphatic carbocycles. The van der Waals surface area contributed by atoms with E-state index < -0.39 is 6.10 Å². The van der Waals surface area contributed by atoms with Crippen molar-refractivity contribution >= 4 is 17.9 Å². The molecule has 0 rings (SSSR count). The van der Waals surface area contributed by atoms with Gasteiger partial charge >= 0.3 is 17.9 Å². The fourth-order valence-electron chi connectivity index (χ4n) is 5.55. The molecule has 0 N–H and O–H groups in total. The summed E-state index contributed by atoms with van der Waals surface area (Å²) in [4.78, 5) is 37.7. The first kappa shape index (κ1) is 54.6. The van der Waals surface area contributed by atoms with Crippen LogP contribution in [0.3, 0.4) is 0 Å². The highest BCUT2D eigenvalue weighted by Crippen LogP contribution is 2.12. The summed E-state index contributed by atoms with van der Waals surface area (Å²) >= 11 is 0. The summed E-state index contributed by atoms with van der Waals surface area (Å²) in [6.07, 6.45) is 64.3. The first-order valence-corrected chi connectivity index (χ1v) is 22.8. The zero-order valence-electron chi connectivity index (χ0n) is 37.2. The summed E-state index contributed by atoms with van der Waals surface area (Å²) in [5, 5.41) is 0. The lowest BCUT2D eigenvalue weighted by Gasteiger charge is -2.18. The molecule has 0 spiro atoms. The maximum absolute atomic E-state index is 12.7. The van der Waals surface area contributed by atoms with Crippen molar-refractivity contribution in [3.63, 3.8) is 0 Å². The molecule has 0 aromatic carbocycles. The number of hydrogen-bond acceptors (Lipinski definition) is 6. The molecule has 0 amide bonds. The van der Waals surface area contributed by atoms with E-state index in [0.717, 1.165) is 70.6 Å². The molecule has 0 aliphatic heterocycles. The summed E-state index contributed by atoms with van der Waals surface area (Å²) in [7, 11) is 0. The molecule has 0 fully saturated rings. The van der Waals surface area contributed by atoms with Gasteiger partial charge in [-0.3, -0.25) is 14.4 Å². The van der Waals surface area contributed by atoms with Crippen molar-refractivity contribution in [2.75, 3.05) is 13.2 Å². The van der Waals surface area contributed by atoms with Crippen LogP contribution >= 0.6 is 0 Å². The number of hydrogen-bond donors (Lipinski definition) is 0. The smallest absolute Gasteiger partial charge is 0.306 e. The Morgan fingerprint density at radius 1 is 0.356 bits per heavy atom. The standard InChI is InChI=1S/C53H80O6/c1-4-7-10-13-16-19-21-23-24-25-26-27-28-30-31-34-37-40-43-46-52(55)58-49-50(48-57-51(54)45-42-39-36-33-18-15-12-9-6-3)59-53(56)47-44-41-38-35-32-29-22-20-17-14-11-8-5-2/h7-8,10-11,13-14,16-17,19-32,50H,4-6,9,12,15,18,33-49H2,1-3H3/b10-7-,11-8-,16-13-,17-14-,21-19-,22-20-,24-23-,26-25+,28-27-,31-30-,32-29-. The van der Waals surface area contributed by atoms with E-state index in [9.17, 15) is 14.4 Å². The summed E-state index contributed by atoms with van der Waals surface area (Å²) < 4.78 is 16.6. The van der Waals surface area contributed by atoms with Gasteiger partial charge in [-0.15, -0.1) is 0 Å². The molecule has 6 heteroatoms. The maximum atomic E-state index is 12.7. The Morgan fingerprint density at radius 3 is 1.03 bits per heavy atom. The van der Waals surface area contributed by atoms with Crippen LogP contribution in [0.4, 0.5) is 0 Å². The highest BCUT2D eigenvalue weighted by molar-refractivity contribution is 5.71. The maximum Gasteiger partial charge on any atom is 0.306 e. The molecule has 0 heterocycles. The lowest BCUT2D eigenvalue weighted by atomic mass is 10.1. The van der Waals surface area contributed by atoms with Crippen LogP contribution in [0.15, 0.2) is 134 Å². The van der Waals surface area contributed by atoms with Crippen LogP contribution in [0.2, 0.25) is 0 Å². The lowest BCUT2D eigenvalue weighted by Crippen LogP contribution is -2.30. The first-order valence-electron chi connectivity index (χ1n) is 22.8. The molecule has 0 saturated heterocycles. The van der Waals surface area contributed by atoms with Gasteiger partial charge in [-0.25, -0.2) is 0 Å². The van der Waals surface area contributed by atoms with Crippen LogP contribution in [0, 0.1) is 0 Å². The Kier molecular flexibility index (Phi) is 42.8. The third-order valence-corrected chi connectivity index (χ3v) is 8.94. The Bertz CT molecular complexity index is 1350. The van der Waals surface area contributed by atoms with Crippen molar-refractivity contribution in [3.8, 4) is 0 Å². The third kappa shape index (κ3) is 44.5. The van der Waals surface area contributed by atoms with Gasteiger partial charge in [0, 0.05) is 19.3 Å². The van der Waals surface area contributed by atoms with E-state index in [-0.39, 0.29) is 37.5 Å². The monoisotopic (exact) mass is 813 g/mol. The summed E-state index contributed by atoms with van der Waals surface area (Å²) in [6.45, 7) is 6.21. The molecule has 328 valence electrons. The van der Waals surface area contributed by atoms with E-state index in [1.165, 1.54) is 38.5 Å². The van der Waals surface area contributed by atoms with E-state index in [4.69, 9.17) is 14.2 Å². The minimum atomic E-state index is -0.818. The first-order chi connectivity index (χ1) is 29.0. The van der Waals surface area contributed by atoms with Crippen LogP contribution in [-0.2, 0) is 28.6 Å². The van der Waals surface area contributed by atoms with Crippen molar-refractivity contribution in [1.82, 2.24) is 0 Å². The molecule has 0 saturated carbocycles. The van der Waals surface area contributed by atoms with Gasteiger partial charge in [-0.2, -0.15) is 0 Å². The fraction of sp³-hybridized carbons (Fsp3) is 0.528. The lowest BCUT2D eigenvalue weighted by molar-refractivity contribution is -0.167. The summed E-state index contributed by atoms with van der Waals surface area (Å²) in [5.41, 5.74) is 0. The molecule has 1 atom stereocenters. The highest BCUT2D eigenvalue weighted by Gasteiger charge is 2.19. The second-order valence-corrected chi connectivity index (χ2v) is 14.5. The van der Waals surface area contributed by atoms with Crippen LogP contribution in [0.25, 0.3) is 0 Å². The predicted octanol–water partition coefficient (Wildman–Crippen LogP) is 14.7. The quantitative estimate of drug-likeness (QED) is 0.0267. The molecule has 0 aromatic rings. The molecule has 59 heavy (non-hydrogen) atoms. The number of rotatable bonds is 38. The van der Waals surface area contributed by atoms with Crippen molar-refractivity contribution in [1.29, 1.82) is 0 Å². The van der Waals surface area contributed by atoms with Crippen LogP contribution in [0.1, 0.15) is 162 Å². The molecular formula is C53H80O6.